The lowest BCUT2D eigenvalue weighted by atomic mass is 9.84. The monoisotopic (exact) mass is 643 g/mol. The van der Waals surface area contributed by atoms with E-state index in [4.69, 9.17) is 10.5 Å². The van der Waals surface area contributed by atoms with Crippen molar-refractivity contribution >= 4 is 39.5 Å². The fraction of sp³-hybridized carbons (Fsp3) is 0.484. The Morgan fingerprint density at radius 3 is 2.47 bits per heavy atom. The van der Waals surface area contributed by atoms with E-state index in [-0.39, 0.29) is 46.9 Å². The Morgan fingerprint density at radius 2 is 1.78 bits per heavy atom. The predicted molar refractivity (Wildman–Crippen MR) is 167 cm³/mol. The normalized spacial score (nSPS) is 18.7. The highest BCUT2D eigenvalue weighted by Gasteiger charge is 2.40. The minimum atomic E-state index is -4.07. The van der Waals surface area contributed by atoms with Gasteiger partial charge in [-0.15, -0.1) is 0 Å². The van der Waals surface area contributed by atoms with Crippen LogP contribution in [0.5, 0.6) is 11.5 Å². The summed E-state index contributed by atoms with van der Waals surface area (Å²) in [6.07, 6.45) is 6.17. The molecule has 2 aliphatic rings. The number of benzene rings is 2. The van der Waals surface area contributed by atoms with Crippen LogP contribution in [0.1, 0.15) is 62.5 Å². The fourth-order valence-electron chi connectivity index (χ4n) is 5.86. The van der Waals surface area contributed by atoms with Crippen LogP contribution >= 0.6 is 0 Å². The maximum atomic E-state index is 13.7. The molecule has 1 heterocycles. The van der Waals surface area contributed by atoms with Crippen molar-refractivity contribution < 1.29 is 37.8 Å². The predicted octanol–water partition coefficient (Wildman–Crippen LogP) is 2.68. The minimum absolute atomic E-state index is 0.0708. The summed E-state index contributed by atoms with van der Waals surface area (Å²) in [5.41, 5.74) is 7.40. The van der Waals surface area contributed by atoms with Gasteiger partial charge in [-0.05, 0) is 67.5 Å². The second-order valence-electron chi connectivity index (χ2n) is 11.6. The van der Waals surface area contributed by atoms with Crippen molar-refractivity contribution in [2.24, 2.45) is 16.6 Å². The quantitative estimate of drug-likeness (QED) is 0.112. The van der Waals surface area contributed by atoms with E-state index in [9.17, 15) is 33.0 Å². The number of nitrogens with zero attached hydrogens (tertiary/aromatic N) is 2. The minimum Gasteiger partial charge on any atom is -0.504 e. The first-order chi connectivity index (χ1) is 21.4. The van der Waals surface area contributed by atoms with E-state index in [1.807, 2.05) is 0 Å². The lowest BCUT2D eigenvalue weighted by Crippen LogP contribution is -2.41. The van der Waals surface area contributed by atoms with Crippen molar-refractivity contribution in [2.45, 2.75) is 81.7 Å². The molecule has 1 aliphatic heterocycles. The Morgan fingerprint density at radius 1 is 1.04 bits per heavy atom. The number of sulfonamides is 1. The third-order valence-corrected chi connectivity index (χ3v) is 10.2. The van der Waals surface area contributed by atoms with E-state index in [0.29, 0.717) is 30.4 Å². The van der Waals surface area contributed by atoms with Crippen LogP contribution in [0.25, 0.3) is 0 Å². The number of phenolic OH excluding ortho intramolecular Hbond substituents is 2. The molecule has 2 aromatic rings. The number of carbonyl (C=O) groups excluding carboxylic acids is 3. The smallest absolute Gasteiger partial charge is 0.324 e. The van der Waals surface area contributed by atoms with E-state index in [1.54, 1.807) is 13.0 Å². The first kappa shape index (κ1) is 33.7. The molecule has 1 aliphatic carbocycles. The molecule has 1 saturated carbocycles. The summed E-state index contributed by atoms with van der Waals surface area (Å²) in [6, 6.07) is 6.53. The first-order valence-corrected chi connectivity index (χ1v) is 16.5. The molecule has 0 radical (unpaired) electrons. The zero-order valence-electron chi connectivity index (χ0n) is 25.5. The van der Waals surface area contributed by atoms with Crippen molar-refractivity contribution in [3.63, 3.8) is 0 Å². The van der Waals surface area contributed by atoms with Crippen LogP contribution in [0, 0.1) is 12.8 Å². The van der Waals surface area contributed by atoms with Crippen LogP contribution in [0.3, 0.4) is 0 Å². The SMILES string of the molecule is COC(=O)[C@@H]1CCCN1S(=O)(=O)c1ccc(C)c(NC(=O)[C@@H](CC2CCCCC2)N=C(N)NC(=O)Cc2ccc(O)c(O)c2)c1. The number of esters is 1. The third kappa shape index (κ3) is 8.51. The van der Waals surface area contributed by atoms with E-state index in [0.717, 1.165) is 36.4 Å². The van der Waals surface area contributed by atoms with Crippen LogP contribution in [-0.2, 0) is 35.6 Å². The van der Waals surface area contributed by atoms with Gasteiger partial charge in [-0.25, -0.2) is 13.4 Å². The average molecular weight is 644 g/mol. The Kier molecular flexibility index (Phi) is 11.0. The number of nitrogens with two attached hydrogens (primary N) is 1. The Labute approximate surface area is 262 Å². The van der Waals surface area contributed by atoms with E-state index in [2.05, 4.69) is 15.6 Å². The summed E-state index contributed by atoms with van der Waals surface area (Å²) >= 11 is 0. The van der Waals surface area contributed by atoms with Crippen LogP contribution in [0.15, 0.2) is 46.3 Å². The summed E-state index contributed by atoms with van der Waals surface area (Å²) in [7, 11) is -2.85. The summed E-state index contributed by atoms with van der Waals surface area (Å²) in [4.78, 5) is 42.8. The third-order valence-electron chi connectivity index (χ3n) is 8.30. The number of aliphatic imine (C=N–C) groups is 1. The highest BCUT2D eigenvalue weighted by Crippen LogP contribution is 2.31. The number of aromatic hydroxyl groups is 2. The van der Waals surface area contributed by atoms with Crippen LogP contribution in [0.4, 0.5) is 5.69 Å². The van der Waals surface area contributed by atoms with Gasteiger partial charge in [0.05, 0.1) is 18.4 Å². The number of anilines is 1. The molecule has 0 bridgehead atoms. The number of aryl methyl sites for hydroxylation is 1. The van der Waals surface area contributed by atoms with Gasteiger partial charge in [0.2, 0.25) is 21.8 Å². The lowest BCUT2D eigenvalue weighted by Gasteiger charge is -2.25. The molecule has 13 nitrogen and oxygen atoms in total. The summed E-state index contributed by atoms with van der Waals surface area (Å²) in [5, 5.41) is 24.5. The molecule has 0 unspecified atom stereocenters. The topological polar surface area (TPSA) is 201 Å². The van der Waals surface area contributed by atoms with Crippen LogP contribution in [0.2, 0.25) is 0 Å². The number of guanidine groups is 1. The zero-order valence-corrected chi connectivity index (χ0v) is 26.3. The number of amides is 2. The van der Waals surface area contributed by atoms with Gasteiger partial charge in [0.1, 0.15) is 12.1 Å². The number of ether oxygens (including phenoxy) is 1. The Balaban J connectivity index is 1.53. The van der Waals surface area contributed by atoms with E-state index < -0.39 is 39.9 Å². The van der Waals surface area contributed by atoms with Gasteiger partial charge in [-0.2, -0.15) is 4.31 Å². The largest absolute Gasteiger partial charge is 0.504 e. The molecule has 2 aromatic carbocycles. The summed E-state index contributed by atoms with van der Waals surface area (Å²) < 4.78 is 33.0. The Bertz CT molecular complexity index is 1550. The maximum Gasteiger partial charge on any atom is 0.324 e. The van der Waals surface area contributed by atoms with Gasteiger partial charge >= 0.3 is 5.97 Å². The highest BCUT2D eigenvalue weighted by atomic mass is 32.2. The zero-order chi connectivity index (χ0) is 32.7. The van der Waals surface area contributed by atoms with Crippen molar-refractivity contribution in [3.05, 3.63) is 47.5 Å². The number of carbonyl (C=O) groups is 3. The number of phenols is 2. The molecular formula is C31H41N5O8S. The van der Waals surface area contributed by atoms with Crippen LogP contribution < -0.4 is 16.4 Å². The van der Waals surface area contributed by atoms with Crippen molar-refractivity contribution in [1.82, 2.24) is 9.62 Å². The standard InChI is InChI=1S/C31H41N5O8S/c1-19-10-12-22(45(42,43)36-14-6-9-25(36)30(41)44-2)18-23(19)33-29(40)24(15-20-7-4-3-5-8-20)34-31(32)35-28(39)17-21-11-13-26(37)27(38)16-21/h10-13,16,18,20,24-25,37-38H,3-9,14-15,17H2,1-2H3,(H,33,40)(H3,32,34,35,39)/t24-,25+/m1/s1. The second kappa shape index (κ2) is 14.7. The van der Waals surface area contributed by atoms with Crippen molar-refractivity contribution in [2.75, 3.05) is 19.0 Å². The molecule has 14 heteroatoms. The van der Waals surface area contributed by atoms with Crippen LogP contribution in [-0.4, -0.2) is 72.4 Å². The fourth-order valence-corrected chi connectivity index (χ4v) is 7.53. The Hall–Kier alpha value is -4.17. The number of methoxy groups -OCH3 is 1. The summed E-state index contributed by atoms with van der Waals surface area (Å²) in [6.45, 7) is 1.91. The second-order valence-corrected chi connectivity index (χ2v) is 13.5. The van der Waals surface area contributed by atoms with Gasteiger partial charge in [0.15, 0.2) is 17.5 Å². The van der Waals surface area contributed by atoms with Gasteiger partial charge in [-0.1, -0.05) is 44.2 Å². The lowest BCUT2D eigenvalue weighted by molar-refractivity contribution is -0.144. The number of rotatable bonds is 10. The van der Waals surface area contributed by atoms with E-state index >= 15 is 0 Å². The highest BCUT2D eigenvalue weighted by molar-refractivity contribution is 7.89. The van der Waals surface area contributed by atoms with Gasteiger partial charge in [0, 0.05) is 12.2 Å². The molecule has 45 heavy (non-hydrogen) atoms. The molecule has 0 aromatic heterocycles. The van der Waals surface area contributed by atoms with Crippen molar-refractivity contribution in [1.29, 1.82) is 0 Å². The van der Waals surface area contributed by atoms with Gasteiger partial charge in [-0.3, -0.25) is 19.7 Å². The molecule has 4 rings (SSSR count). The molecule has 2 amide bonds. The maximum absolute atomic E-state index is 13.7. The first-order valence-electron chi connectivity index (χ1n) is 15.0. The molecule has 1 saturated heterocycles. The molecule has 2 atom stereocenters. The van der Waals surface area contributed by atoms with Crippen molar-refractivity contribution in [3.8, 4) is 11.5 Å². The molecule has 244 valence electrons. The molecule has 6 N–H and O–H groups in total. The number of nitrogens with one attached hydrogen (secondary N) is 2. The molecular weight excluding hydrogens is 602 g/mol. The van der Waals surface area contributed by atoms with Gasteiger partial charge < -0.3 is 26.0 Å². The number of hydrogen-bond donors (Lipinski definition) is 5. The van der Waals surface area contributed by atoms with Gasteiger partial charge in [0.25, 0.3) is 0 Å². The summed E-state index contributed by atoms with van der Waals surface area (Å²) in [5.74, 6) is -2.36. The molecule has 2 fully saturated rings. The average Bonchev–Trinajstić information content (AvgIpc) is 3.51. The number of hydrogen-bond acceptors (Lipinski definition) is 9. The molecule has 0 spiro atoms. The van der Waals surface area contributed by atoms with E-state index in [1.165, 1.54) is 37.4 Å².